The molecule has 1 N–H and O–H groups in total. The Morgan fingerprint density at radius 2 is 2.15 bits per heavy atom. The molecule has 0 amide bonds. The van der Waals surface area contributed by atoms with Crippen LogP contribution in [-0.2, 0) is 4.43 Å². The Morgan fingerprint density at radius 1 is 1.46 bits per heavy atom. The van der Waals surface area contributed by atoms with Gasteiger partial charge in [0.05, 0.1) is 0 Å². The van der Waals surface area contributed by atoms with E-state index in [0.29, 0.717) is 0 Å². The summed E-state index contributed by atoms with van der Waals surface area (Å²) in [6, 6.07) is 0. The Labute approximate surface area is 83.3 Å². The van der Waals surface area contributed by atoms with Gasteiger partial charge in [-0.15, -0.1) is 0 Å². The molecule has 1 heterocycles. The van der Waals surface area contributed by atoms with Crippen molar-refractivity contribution in [2.45, 2.75) is 50.6 Å². The molecule has 1 saturated heterocycles. The average Bonchev–Trinajstić information content (AvgIpc) is 2.18. The Kier molecular flexibility index (Phi) is 3.95. The topological polar surface area (TPSA) is 21.3 Å². The van der Waals surface area contributed by atoms with E-state index in [1.807, 2.05) is 7.11 Å². The second-order valence-corrected chi connectivity index (χ2v) is 8.48. The average molecular weight is 201 g/mol. The van der Waals surface area contributed by atoms with Crippen molar-refractivity contribution >= 4 is 8.48 Å². The molecule has 0 aromatic heterocycles. The minimum Gasteiger partial charge on any atom is -0.406 e. The van der Waals surface area contributed by atoms with Crippen molar-refractivity contribution in [1.82, 2.24) is 4.98 Å². The lowest BCUT2D eigenvalue weighted by atomic mass is 10.1. The number of nitrogens with one attached hydrogen (secondary N) is 1. The lowest BCUT2D eigenvalue weighted by Crippen LogP contribution is -2.59. The van der Waals surface area contributed by atoms with E-state index < -0.39 is 8.48 Å². The third-order valence-corrected chi connectivity index (χ3v) is 8.87. The summed E-state index contributed by atoms with van der Waals surface area (Å²) in [5, 5.41) is 0. The minimum atomic E-state index is -1.61. The van der Waals surface area contributed by atoms with Gasteiger partial charge in [-0.2, -0.15) is 0 Å². The predicted octanol–water partition coefficient (Wildman–Crippen LogP) is 2.65. The summed E-state index contributed by atoms with van der Waals surface area (Å²) < 4.78 is 5.87. The van der Waals surface area contributed by atoms with Crippen molar-refractivity contribution in [2.75, 3.05) is 14.2 Å². The summed E-state index contributed by atoms with van der Waals surface area (Å²) in [5.74, 6) is 0. The molecule has 78 valence electrons. The van der Waals surface area contributed by atoms with Crippen molar-refractivity contribution in [3.05, 3.63) is 0 Å². The first kappa shape index (κ1) is 11.2. The van der Waals surface area contributed by atoms with Gasteiger partial charge >= 0.3 is 0 Å². The van der Waals surface area contributed by atoms with Gasteiger partial charge in [-0.05, 0) is 31.0 Å². The Hall–Kier alpha value is 0.137. The van der Waals surface area contributed by atoms with E-state index in [0.717, 1.165) is 11.1 Å². The van der Waals surface area contributed by atoms with E-state index in [1.165, 1.54) is 25.7 Å². The lowest BCUT2D eigenvalue weighted by Gasteiger charge is -2.44. The van der Waals surface area contributed by atoms with Gasteiger partial charge < -0.3 is 9.41 Å². The molecule has 0 saturated carbocycles. The fourth-order valence-corrected chi connectivity index (χ4v) is 7.45. The maximum Gasteiger partial charge on any atom is 0.274 e. The zero-order valence-electron chi connectivity index (χ0n) is 9.39. The molecule has 3 atom stereocenters. The van der Waals surface area contributed by atoms with Crippen LogP contribution in [0.1, 0.15) is 39.5 Å². The van der Waals surface area contributed by atoms with E-state index in [9.17, 15) is 0 Å². The van der Waals surface area contributed by atoms with Crippen LogP contribution < -0.4 is 4.98 Å². The molecular formula is C10H23NOSi. The van der Waals surface area contributed by atoms with E-state index in [4.69, 9.17) is 4.43 Å². The summed E-state index contributed by atoms with van der Waals surface area (Å²) in [6.07, 6.45) is 5.36. The molecule has 1 aliphatic heterocycles. The molecule has 1 aliphatic rings. The fourth-order valence-electron chi connectivity index (χ4n) is 2.93. The van der Waals surface area contributed by atoms with Crippen LogP contribution >= 0.6 is 0 Å². The number of rotatable bonds is 3. The van der Waals surface area contributed by atoms with E-state index >= 15 is 0 Å². The summed E-state index contributed by atoms with van der Waals surface area (Å²) in [4.78, 5) is 3.53. The number of hydrogen-bond donors (Lipinski definition) is 1. The zero-order chi connectivity index (χ0) is 9.90. The predicted molar refractivity (Wildman–Crippen MR) is 59.1 cm³/mol. The summed E-state index contributed by atoms with van der Waals surface area (Å²) in [6.45, 7) is 4.65. The highest BCUT2D eigenvalue weighted by molar-refractivity contribution is 6.74. The van der Waals surface area contributed by atoms with Gasteiger partial charge in [-0.3, -0.25) is 0 Å². The molecule has 2 nitrogen and oxygen atoms in total. The van der Waals surface area contributed by atoms with E-state index in [2.05, 4.69) is 25.9 Å². The van der Waals surface area contributed by atoms with Crippen molar-refractivity contribution < 1.29 is 4.43 Å². The van der Waals surface area contributed by atoms with E-state index in [-0.39, 0.29) is 0 Å². The van der Waals surface area contributed by atoms with Gasteiger partial charge in [-0.1, -0.05) is 26.7 Å². The van der Waals surface area contributed by atoms with Crippen molar-refractivity contribution in [2.24, 2.45) is 0 Å². The molecule has 0 aromatic carbocycles. The smallest absolute Gasteiger partial charge is 0.274 e. The van der Waals surface area contributed by atoms with Crippen molar-refractivity contribution in [3.63, 3.8) is 0 Å². The van der Waals surface area contributed by atoms with Crippen LogP contribution in [0.5, 0.6) is 0 Å². The third-order valence-electron chi connectivity index (χ3n) is 3.75. The van der Waals surface area contributed by atoms with Crippen LogP contribution in [0.15, 0.2) is 0 Å². The Bertz CT molecular complexity index is 159. The molecule has 0 bridgehead atoms. The third kappa shape index (κ3) is 1.83. The molecule has 1 fully saturated rings. The van der Waals surface area contributed by atoms with Crippen LogP contribution in [0.25, 0.3) is 0 Å². The summed E-state index contributed by atoms with van der Waals surface area (Å²) >= 11 is 0. The second-order valence-electron chi connectivity index (χ2n) is 4.18. The first-order valence-corrected chi connectivity index (χ1v) is 7.51. The van der Waals surface area contributed by atoms with Gasteiger partial charge in [0.25, 0.3) is 8.48 Å². The van der Waals surface area contributed by atoms with Crippen molar-refractivity contribution in [3.8, 4) is 0 Å². The van der Waals surface area contributed by atoms with Crippen molar-refractivity contribution in [1.29, 1.82) is 0 Å². The van der Waals surface area contributed by atoms with Gasteiger partial charge in [0.1, 0.15) is 0 Å². The summed E-state index contributed by atoms with van der Waals surface area (Å²) in [5.41, 5.74) is 1.58. The first-order valence-electron chi connectivity index (χ1n) is 5.45. The summed E-state index contributed by atoms with van der Waals surface area (Å²) in [7, 11) is 2.37. The molecule has 3 unspecified atom stereocenters. The SMILES string of the molecule is CCC1CCCC(C)[Si]1(NC)OC. The molecule has 0 aliphatic carbocycles. The van der Waals surface area contributed by atoms with Gasteiger partial charge in [0, 0.05) is 7.11 Å². The zero-order valence-corrected chi connectivity index (χ0v) is 10.4. The largest absolute Gasteiger partial charge is 0.406 e. The first-order chi connectivity index (χ1) is 6.21. The van der Waals surface area contributed by atoms with Gasteiger partial charge in [0.15, 0.2) is 0 Å². The highest BCUT2D eigenvalue weighted by Crippen LogP contribution is 2.44. The maximum atomic E-state index is 5.87. The highest BCUT2D eigenvalue weighted by Gasteiger charge is 2.47. The standard InChI is InChI=1S/C10H23NOSi/c1-5-10-8-6-7-9(2)13(10,11-3)12-4/h9-11H,5-8H2,1-4H3. The van der Waals surface area contributed by atoms with Gasteiger partial charge in [-0.25, -0.2) is 0 Å². The van der Waals surface area contributed by atoms with E-state index in [1.54, 1.807) is 0 Å². The van der Waals surface area contributed by atoms with Gasteiger partial charge in [0.2, 0.25) is 0 Å². The molecule has 0 radical (unpaired) electrons. The van der Waals surface area contributed by atoms with Crippen LogP contribution in [0.2, 0.25) is 11.1 Å². The lowest BCUT2D eigenvalue weighted by molar-refractivity contribution is 0.323. The molecule has 1 rings (SSSR count). The fraction of sp³-hybridized carbons (Fsp3) is 1.00. The molecule has 0 spiro atoms. The normalized spacial score (nSPS) is 40.6. The quantitative estimate of drug-likeness (QED) is 0.709. The van der Waals surface area contributed by atoms with Crippen LogP contribution in [-0.4, -0.2) is 22.6 Å². The maximum absolute atomic E-state index is 5.87. The molecule has 0 aromatic rings. The monoisotopic (exact) mass is 201 g/mol. The van der Waals surface area contributed by atoms with Crippen LogP contribution in [0, 0.1) is 0 Å². The minimum absolute atomic E-state index is 0.765. The Balaban J connectivity index is 2.81. The molecular weight excluding hydrogens is 178 g/mol. The highest BCUT2D eigenvalue weighted by atomic mass is 28.4. The second kappa shape index (κ2) is 4.58. The van der Waals surface area contributed by atoms with Crippen LogP contribution in [0.3, 0.4) is 0 Å². The molecule has 13 heavy (non-hydrogen) atoms. The Morgan fingerprint density at radius 3 is 2.54 bits per heavy atom. The molecule has 3 heteroatoms. The van der Waals surface area contributed by atoms with Crippen LogP contribution in [0.4, 0.5) is 0 Å². The number of hydrogen-bond acceptors (Lipinski definition) is 2.